The third-order valence-corrected chi connectivity index (χ3v) is 8.52. The van der Waals surface area contributed by atoms with Gasteiger partial charge in [0.05, 0.1) is 17.0 Å². The Morgan fingerprint density at radius 3 is 2.47 bits per heavy atom. The minimum absolute atomic E-state index is 0.0562. The number of carbonyl (C=O) groups is 2. The van der Waals surface area contributed by atoms with Crippen molar-refractivity contribution in [3.8, 4) is 11.5 Å². The quantitative estimate of drug-likeness (QED) is 0.242. The third-order valence-electron chi connectivity index (χ3n) is 6.32. The normalized spacial score (nSPS) is 18.0. The van der Waals surface area contributed by atoms with E-state index in [1.54, 1.807) is 47.4 Å². The van der Waals surface area contributed by atoms with Crippen LogP contribution < -0.4 is 4.74 Å². The maximum atomic E-state index is 13.6. The summed E-state index contributed by atoms with van der Waals surface area (Å²) < 4.78 is 45.0. The number of nitrogens with zero attached hydrogens (tertiary/aromatic N) is 1. The molecule has 3 heterocycles. The lowest BCUT2D eigenvalue weighted by Gasteiger charge is -2.28. The highest BCUT2D eigenvalue weighted by molar-refractivity contribution is 8.04. The molecule has 4 aromatic rings. The molecule has 0 radical (unpaired) electrons. The molecular weight excluding hydrogens is 531 g/mol. The summed E-state index contributed by atoms with van der Waals surface area (Å²) in [7, 11) is 0. The van der Waals surface area contributed by atoms with Crippen LogP contribution in [0.1, 0.15) is 47.7 Å². The van der Waals surface area contributed by atoms with Crippen molar-refractivity contribution in [2.75, 3.05) is 0 Å². The van der Waals surface area contributed by atoms with Gasteiger partial charge in [0.25, 0.3) is 5.91 Å². The average molecular weight is 550 g/mol. The van der Waals surface area contributed by atoms with E-state index in [1.807, 2.05) is 23.6 Å². The molecule has 190 valence electrons. The number of rotatable bonds is 3. The number of alkyl halides is 3. The van der Waals surface area contributed by atoms with Crippen molar-refractivity contribution in [3.05, 3.63) is 122 Å². The first-order valence-electron chi connectivity index (χ1n) is 11.6. The van der Waals surface area contributed by atoms with Crippen LogP contribution >= 0.6 is 23.1 Å². The Labute approximate surface area is 224 Å². The van der Waals surface area contributed by atoms with Crippen molar-refractivity contribution < 1.29 is 27.5 Å². The highest BCUT2D eigenvalue weighted by Crippen LogP contribution is 2.48. The highest BCUT2D eigenvalue weighted by atomic mass is 32.2. The van der Waals surface area contributed by atoms with Gasteiger partial charge in [-0.05, 0) is 65.0 Å². The molecule has 2 aliphatic heterocycles. The van der Waals surface area contributed by atoms with Gasteiger partial charge in [0, 0.05) is 16.0 Å². The molecule has 9 heteroatoms. The molecule has 6 rings (SSSR count). The van der Waals surface area contributed by atoms with Gasteiger partial charge in [-0.3, -0.25) is 9.59 Å². The van der Waals surface area contributed by atoms with Gasteiger partial charge in [-0.2, -0.15) is 13.2 Å². The maximum Gasteiger partial charge on any atom is 0.416 e. The van der Waals surface area contributed by atoms with Gasteiger partial charge in [0.15, 0.2) is 0 Å². The Hall–Kier alpha value is -3.82. The van der Waals surface area contributed by atoms with E-state index in [9.17, 15) is 22.8 Å². The van der Waals surface area contributed by atoms with Crippen LogP contribution in [0.4, 0.5) is 13.2 Å². The van der Waals surface area contributed by atoms with Gasteiger partial charge in [-0.1, -0.05) is 48.2 Å². The number of thiophene rings is 1. The van der Waals surface area contributed by atoms with Crippen LogP contribution in [0.15, 0.2) is 89.1 Å². The first kappa shape index (κ1) is 24.5. The van der Waals surface area contributed by atoms with E-state index in [0.717, 1.165) is 22.6 Å². The van der Waals surface area contributed by atoms with E-state index < -0.39 is 11.7 Å². The summed E-state index contributed by atoms with van der Waals surface area (Å²) >= 11 is 2.77. The molecule has 3 aromatic carbocycles. The van der Waals surface area contributed by atoms with Crippen LogP contribution in [0.2, 0.25) is 0 Å². The monoisotopic (exact) mass is 549 g/mol. The SMILES string of the molecule is O=C1/C(=C/c2cccc(Oc3cccc(C(F)(F)F)c3)c2)S[C@@H]2c3ccccc3C(=O)N2Cc2sccc21. The first-order chi connectivity index (χ1) is 18.3. The van der Waals surface area contributed by atoms with Crippen molar-refractivity contribution in [2.45, 2.75) is 18.1 Å². The molecule has 1 atom stereocenters. The molecule has 2 aliphatic rings. The summed E-state index contributed by atoms with van der Waals surface area (Å²) in [5.74, 6) is 0.191. The minimum Gasteiger partial charge on any atom is -0.457 e. The van der Waals surface area contributed by atoms with Crippen LogP contribution in [0, 0.1) is 0 Å². The van der Waals surface area contributed by atoms with Crippen molar-refractivity contribution in [1.82, 2.24) is 4.90 Å². The smallest absolute Gasteiger partial charge is 0.416 e. The zero-order chi connectivity index (χ0) is 26.4. The van der Waals surface area contributed by atoms with Crippen LogP contribution in [0.5, 0.6) is 11.5 Å². The first-order valence-corrected chi connectivity index (χ1v) is 13.4. The zero-order valence-electron chi connectivity index (χ0n) is 19.6. The van der Waals surface area contributed by atoms with Crippen molar-refractivity contribution in [1.29, 1.82) is 0 Å². The minimum atomic E-state index is -4.48. The number of carbonyl (C=O) groups excluding carboxylic acids is 2. The fourth-order valence-electron chi connectivity index (χ4n) is 4.54. The molecule has 0 bridgehead atoms. The molecule has 0 spiro atoms. The molecule has 0 N–H and O–H groups in total. The lowest BCUT2D eigenvalue weighted by atomic mass is 10.1. The fourth-order valence-corrected chi connectivity index (χ4v) is 6.70. The average Bonchev–Trinajstić information content (AvgIpc) is 3.45. The molecule has 0 saturated heterocycles. The van der Waals surface area contributed by atoms with Gasteiger partial charge < -0.3 is 9.64 Å². The standard InChI is InChI=1S/C29H18F3NO3S2/c30-29(31,32)18-6-4-8-20(15-18)36-19-7-3-5-17(13-19)14-24-26(34)23-11-12-37-25(23)16-33-27(35)21-9-1-2-10-22(21)28(33)38-24/h1-15,28H,16H2/b24-14-/t28-/m1/s1. The van der Waals surface area contributed by atoms with E-state index >= 15 is 0 Å². The van der Waals surface area contributed by atoms with Crippen molar-refractivity contribution >= 4 is 40.9 Å². The molecule has 4 nitrogen and oxygen atoms in total. The van der Waals surface area contributed by atoms with Gasteiger partial charge in [0.2, 0.25) is 5.78 Å². The van der Waals surface area contributed by atoms with Gasteiger partial charge >= 0.3 is 6.18 Å². The van der Waals surface area contributed by atoms with E-state index in [4.69, 9.17) is 4.74 Å². The molecule has 0 saturated carbocycles. The second-order valence-corrected chi connectivity index (χ2v) is 10.9. The number of ketones is 1. The second kappa shape index (κ2) is 9.49. The molecular formula is C29H18F3NO3S2. The van der Waals surface area contributed by atoms with E-state index in [-0.39, 0.29) is 22.8 Å². The number of amides is 1. The Bertz CT molecular complexity index is 1610. The number of allylic oxidation sites excluding steroid dienone is 1. The maximum absolute atomic E-state index is 13.6. The summed E-state index contributed by atoms with van der Waals surface area (Å²) in [6, 6.07) is 20.7. The summed E-state index contributed by atoms with van der Waals surface area (Å²) in [4.78, 5) is 29.9. The zero-order valence-corrected chi connectivity index (χ0v) is 21.2. The molecule has 0 aliphatic carbocycles. The Morgan fingerprint density at radius 1 is 0.895 bits per heavy atom. The van der Waals surface area contributed by atoms with Crippen LogP contribution in [-0.4, -0.2) is 16.6 Å². The van der Waals surface area contributed by atoms with Gasteiger partial charge in [-0.25, -0.2) is 0 Å². The number of ether oxygens (including phenoxy) is 1. The Morgan fingerprint density at radius 2 is 1.66 bits per heavy atom. The predicted molar refractivity (Wildman–Crippen MR) is 141 cm³/mol. The third kappa shape index (κ3) is 4.52. The fraction of sp³-hybridized carbons (Fsp3) is 0.103. The molecule has 38 heavy (non-hydrogen) atoms. The summed E-state index contributed by atoms with van der Waals surface area (Å²) in [5.41, 5.74) is 1.91. The lowest BCUT2D eigenvalue weighted by Crippen LogP contribution is -2.28. The van der Waals surface area contributed by atoms with Crippen molar-refractivity contribution in [3.63, 3.8) is 0 Å². The topological polar surface area (TPSA) is 46.6 Å². The Kier molecular flexibility index (Phi) is 6.12. The highest BCUT2D eigenvalue weighted by Gasteiger charge is 2.40. The van der Waals surface area contributed by atoms with Gasteiger partial charge in [-0.15, -0.1) is 11.3 Å². The van der Waals surface area contributed by atoms with Crippen molar-refractivity contribution in [2.24, 2.45) is 0 Å². The van der Waals surface area contributed by atoms with E-state index in [2.05, 4.69) is 0 Å². The summed E-state index contributed by atoms with van der Waals surface area (Å²) in [6.45, 7) is 0.359. The number of halogens is 3. The number of hydrogen-bond acceptors (Lipinski definition) is 5. The number of thioether (sulfide) groups is 1. The second-order valence-electron chi connectivity index (χ2n) is 8.79. The van der Waals surface area contributed by atoms with Crippen LogP contribution in [-0.2, 0) is 12.7 Å². The predicted octanol–water partition coefficient (Wildman–Crippen LogP) is 8.18. The number of benzene rings is 3. The van der Waals surface area contributed by atoms with E-state index in [1.165, 1.54) is 35.2 Å². The number of hydrogen-bond donors (Lipinski definition) is 0. The summed E-state index contributed by atoms with van der Waals surface area (Å²) in [6.07, 6.45) is -2.74. The van der Waals surface area contributed by atoms with Crippen LogP contribution in [0.25, 0.3) is 6.08 Å². The molecule has 1 amide bonds. The van der Waals surface area contributed by atoms with Gasteiger partial charge in [0.1, 0.15) is 16.9 Å². The largest absolute Gasteiger partial charge is 0.457 e. The molecule has 0 fully saturated rings. The van der Waals surface area contributed by atoms with E-state index in [0.29, 0.717) is 33.9 Å². The molecule has 1 aromatic heterocycles. The Balaban J connectivity index is 1.36. The van der Waals surface area contributed by atoms with Crippen LogP contribution in [0.3, 0.4) is 0 Å². The number of Topliss-reactive ketones (excluding diaryl/α,β-unsaturated/α-hetero) is 1. The number of fused-ring (bicyclic) bond motifs is 4. The summed E-state index contributed by atoms with van der Waals surface area (Å²) in [5, 5.41) is 1.50. The lowest BCUT2D eigenvalue weighted by molar-refractivity contribution is -0.137. The molecule has 0 unspecified atom stereocenters.